The highest BCUT2D eigenvalue weighted by Crippen LogP contribution is 2.25. The van der Waals surface area contributed by atoms with Gasteiger partial charge in [-0.15, -0.1) is 0 Å². The lowest BCUT2D eigenvalue weighted by Crippen LogP contribution is -2.36. The minimum Gasteiger partial charge on any atom is -0.378 e. The molecule has 190 valence electrons. The van der Waals surface area contributed by atoms with Gasteiger partial charge in [0.1, 0.15) is 0 Å². The van der Waals surface area contributed by atoms with Crippen molar-refractivity contribution in [2.45, 2.75) is 108 Å². The topological polar surface area (TPSA) is 98.6 Å². The molecule has 1 atom stereocenters. The van der Waals surface area contributed by atoms with Gasteiger partial charge in [-0.1, -0.05) is 77.6 Å². The molecule has 1 fully saturated rings. The molecular weight excluding hydrogens is 434 g/mol. The van der Waals surface area contributed by atoms with Crippen LogP contribution in [0.1, 0.15) is 96.0 Å². The molecule has 0 amide bonds. The lowest BCUT2D eigenvalue weighted by atomic mass is 9.99. The molecule has 1 aliphatic rings. The van der Waals surface area contributed by atoms with Crippen LogP contribution in [-0.2, 0) is 21.2 Å². The Bertz CT molecular complexity index is 764. The number of ether oxygens (including phenoxy) is 1. The maximum absolute atomic E-state index is 12.1. The molecule has 1 aromatic rings. The summed E-state index contributed by atoms with van der Waals surface area (Å²) < 4.78 is 29.6. The van der Waals surface area contributed by atoms with E-state index in [9.17, 15) is 8.42 Å². The minimum absolute atomic E-state index is 0.0870. The number of rotatable bonds is 17. The Morgan fingerprint density at radius 2 is 1.48 bits per heavy atom. The molecule has 0 spiro atoms. The van der Waals surface area contributed by atoms with Crippen LogP contribution in [0.2, 0.25) is 0 Å². The fourth-order valence-electron chi connectivity index (χ4n) is 4.61. The number of hydrogen-bond acceptors (Lipinski definition) is 5. The van der Waals surface area contributed by atoms with E-state index in [1.807, 2.05) is 12.1 Å². The summed E-state index contributed by atoms with van der Waals surface area (Å²) in [5, 5.41) is 5.48. The smallest absolute Gasteiger partial charge is 0.238 e. The van der Waals surface area contributed by atoms with Crippen LogP contribution >= 0.6 is 0 Å². The zero-order valence-electron chi connectivity index (χ0n) is 20.8. The molecule has 0 bridgehead atoms. The van der Waals surface area contributed by atoms with E-state index in [-0.39, 0.29) is 10.9 Å². The van der Waals surface area contributed by atoms with E-state index < -0.39 is 10.0 Å². The zero-order valence-corrected chi connectivity index (χ0v) is 21.6. The van der Waals surface area contributed by atoms with Gasteiger partial charge >= 0.3 is 0 Å². The number of hydrogen-bond donors (Lipinski definition) is 2. The normalized spacial score (nSPS) is 15.7. The van der Waals surface area contributed by atoms with Crippen molar-refractivity contribution in [3.05, 3.63) is 23.8 Å². The monoisotopic (exact) mass is 481 g/mol. The Hall–Kier alpha value is -1.15. The largest absolute Gasteiger partial charge is 0.378 e. The number of benzene rings is 1. The molecule has 4 N–H and O–H groups in total. The number of morpholine rings is 1. The van der Waals surface area contributed by atoms with Gasteiger partial charge in [-0.25, -0.2) is 13.6 Å². The maximum atomic E-state index is 12.1. The zero-order chi connectivity index (χ0) is 23.9. The van der Waals surface area contributed by atoms with Crippen molar-refractivity contribution in [2.75, 3.05) is 31.2 Å². The fraction of sp³-hybridized carbons (Fsp3) is 0.769. The van der Waals surface area contributed by atoms with Crippen molar-refractivity contribution in [1.29, 1.82) is 0 Å². The van der Waals surface area contributed by atoms with Crippen LogP contribution in [0.15, 0.2) is 23.1 Å². The third-order valence-corrected chi connectivity index (χ3v) is 7.70. The minimum atomic E-state index is -3.75. The lowest BCUT2D eigenvalue weighted by Gasteiger charge is -2.29. The van der Waals surface area contributed by atoms with Crippen molar-refractivity contribution >= 4 is 15.7 Å². The summed E-state index contributed by atoms with van der Waals surface area (Å²) in [5.41, 5.74) is 8.18. The van der Waals surface area contributed by atoms with Gasteiger partial charge in [-0.3, -0.25) is 0 Å². The lowest BCUT2D eigenvalue weighted by molar-refractivity contribution is 0.122. The molecule has 6 nitrogen and oxygen atoms in total. The molecule has 33 heavy (non-hydrogen) atoms. The Kier molecular flexibility index (Phi) is 13.4. The summed E-state index contributed by atoms with van der Waals surface area (Å²) in [6, 6.07) is 5.55. The van der Waals surface area contributed by atoms with E-state index in [0.717, 1.165) is 43.6 Å². The number of primary sulfonamides is 1. The average Bonchev–Trinajstić information content (AvgIpc) is 2.81. The highest BCUT2D eigenvalue weighted by molar-refractivity contribution is 7.89. The Morgan fingerprint density at radius 3 is 2.06 bits per heavy atom. The van der Waals surface area contributed by atoms with Crippen LogP contribution in [0, 0.1) is 0 Å². The Labute approximate surface area is 202 Å². The molecule has 0 aliphatic carbocycles. The predicted octanol–water partition coefficient (Wildman–Crippen LogP) is 5.13. The van der Waals surface area contributed by atoms with Gasteiger partial charge in [0, 0.05) is 24.8 Å². The summed E-state index contributed by atoms with van der Waals surface area (Å²) in [6.45, 7) is 5.27. The van der Waals surface area contributed by atoms with Crippen molar-refractivity contribution in [1.82, 2.24) is 0 Å². The van der Waals surface area contributed by atoms with Gasteiger partial charge < -0.3 is 15.4 Å². The van der Waals surface area contributed by atoms with E-state index in [1.54, 1.807) is 6.07 Å². The van der Waals surface area contributed by atoms with E-state index in [4.69, 9.17) is 15.6 Å². The van der Waals surface area contributed by atoms with Crippen LogP contribution in [0.5, 0.6) is 0 Å². The van der Waals surface area contributed by atoms with Gasteiger partial charge in [-0.05, 0) is 43.0 Å². The van der Waals surface area contributed by atoms with Gasteiger partial charge in [0.05, 0.1) is 18.1 Å². The molecule has 7 heteroatoms. The van der Waals surface area contributed by atoms with Crippen LogP contribution in [0.3, 0.4) is 0 Å². The fourth-order valence-corrected chi connectivity index (χ4v) is 5.40. The highest BCUT2D eigenvalue weighted by atomic mass is 32.2. The first-order chi connectivity index (χ1) is 15.9. The number of aryl methyl sites for hydroxylation is 1. The first-order valence-corrected chi connectivity index (χ1v) is 14.7. The molecule has 0 radical (unpaired) electrons. The van der Waals surface area contributed by atoms with Crippen LogP contribution < -0.4 is 15.8 Å². The highest BCUT2D eigenvalue weighted by Gasteiger charge is 2.18. The van der Waals surface area contributed by atoms with Gasteiger partial charge in [0.2, 0.25) is 10.0 Å². The molecule has 1 heterocycles. The van der Waals surface area contributed by atoms with Gasteiger partial charge in [-0.2, -0.15) is 0 Å². The second-order valence-corrected chi connectivity index (χ2v) is 11.1. The van der Waals surface area contributed by atoms with Crippen LogP contribution in [0.25, 0.3) is 0 Å². The Balaban J connectivity index is 1.70. The Morgan fingerprint density at radius 1 is 0.909 bits per heavy atom. The standard InChI is InChI=1S/C26H47N3O3S/c1-2-3-4-5-6-7-8-9-10-11-12-13-24(27)15-14-23-22-25(29-18-20-32-21-19-29)16-17-26(23)33(28,30)31/h16-17,22,24H,2-15,18-21,27H2,1H3,(H2,28,30,31). The number of unbranched alkanes of at least 4 members (excludes halogenated alkanes) is 10. The number of anilines is 1. The van der Waals surface area contributed by atoms with E-state index in [0.29, 0.717) is 19.6 Å². The quantitative estimate of drug-likeness (QED) is 0.300. The number of sulfonamides is 1. The summed E-state index contributed by atoms with van der Waals surface area (Å²) in [6.07, 6.45) is 17.0. The predicted molar refractivity (Wildman–Crippen MR) is 138 cm³/mol. The van der Waals surface area contributed by atoms with Crippen molar-refractivity contribution in [2.24, 2.45) is 10.9 Å². The van der Waals surface area contributed by atoms with E-state index >= 15 is 0 Å². The van der Waals surface area contributed by atoms with E-state index in [2.05, 4.69) is 11.8 Å². The van der Waals surface area contributed by atoms with Crippen molar-refractivity contribution < 1.29 is 13.2 Å². The first-order valence-electron chi connectivity index (χ1n) is 13.2. The van der Waals surface area contributed by atoms with Crippen molar-refractivity contribution in [3.8, 4) is 0 Å². The second kappa shape index (κ2) is 15.7. The van der Waals surface area contributed by atoms with Crippen molar-refractivity contribution in [3.63, 3.8) is 0 Å². The summed E-state index contributed by atoms with van der Waals surface area (Å²) in [4.78, 5) is 2.45. The van der Waals surface area contributed by atoms with Crippen LogP contribution in [-0.4, -0.2) is 40.8 Å². The molecule has 1 aliphatic heterocycles. The number of nitrogens with two attached hydrogens (primary N) is 2. The van der Waals surface area contributed by atoms with Crippen LogP contribution in [0.4, 0.5) is 5.69 Å². The average molecular weight is 482 g/mol. The summed E-state index contributed by atoms with van der Waals surface area (Å²) in [7, 11) is -3.75. The third kappa shape index (κ3) is 11.2. The molecule has 1 aromatic carbocycles. The maximum Gasteiger partial charge on any atom is 0.238 e. The molecule has 1 unspecified atom stereocenters. The molecular formula is C26H47N3O3S. The molecule has 0 aromatic heterocycles. The second-order valence-electron chi connectivity index (χ2n) is 9.56. The molecule has 1 saturated heterocycles. The SMILES string of the molecule is CCCCCCCCCCCCCC(N)CCc1cc(N2CCOCC2)ccc1S(N)(=O)=O. The summed E-state index contributed by atoms with van der Waals surface area (Å²) >= 11 is 0. The molecule has 0 saturated carbocycles. The number of nitrogens with zero attached hydrogens (tertiary/aromatic N) is 1. The summed E-state index contributed by atoms with van der Waals surface area (Å²) in [5.74, 6) is 0. The molecule has 2 rings (SSSR count). The first kappa shape index (κ1) is 28.1. The van der Waals surface area contributed by atoms with E-state index in [1.165, 1.54) is 64.2 Å². The van der Waals surface area contributed by atoms with Gasteiger partial charge in [0.15, 0.2) is 0 Å². The third-order valence-electron chi connectivity index (χ3n) is 6.69. The van der Waals surface area contributed by atoms with Gasteiger partial charge in [0.25, 0.3) is 0 Å².